The average Bonchev–Trinajstić information content (AvgIpc) is 2.35. The first-order valence-corrected chi connectivity index (χ1v) is 2.62. The Morgan fingerprint density at radius 3 is 3.33 bits per heavy atom. The standard InChI is InChI=1S/C5H5N3O/c1-4-2-6-5-8(4)3-7-9-5/h2-3H,1H3. The minimum atomic E-state index is 0.549. The monoisotopic (exact) mass is 123 g/mol. The zero-order valence-corrected chi connectivity index (χ0v) is 4.90. The van der Waals surface area contributed by atoms with Crippen LogP contribution in [0.4, 0.5) is 0 Å². The summed E-state index contributed by atoms with van der Waals surface area (Å²) in [6, 6.07) is 0. The van der Waals surface area contributed by atoms with E-state index in [1.807, 2.05) is 6.92 Å². The number of nitrogens with zero attached hydrogens (tertiary/aromatic N) is 3. The molecule has 4 nitrogen and oxygen atoms in total. The minimum absolute atomic E-state index is 0.549. The van der Waals surface area contributed by atoms with Crippen LogP contribution in [0.2, 0.25) is 0 Å². The Morgan fingerprint density at radius 2 is 2.56 bits per heavy atom. The van der Waals surface area contributed by atoms with Gasteiger partial charge in [-0.05, 0) is 6.92 Å². The number of aryl methyl sites for hydroxylation is 1. The summed E-state index contributed by atoms with van der Waals surface area (Å²) in [6.07, 6.45) is 3.33. The van der Waals surface area contributed by atoms with E-state index in [2.05, 4.69) is 10.1 Å². The summed E-state index contributed by atoms with van der Waals surface area (Å²) in [4.78, 5) is 3.91. The first-order chi connectivity index (χ1) is 4.38. The summed E-state index contributed by atoms with van der Waals surface area (Å²) in [5.74, 6) is 0.549. The fraction of sp³-hybridized carbons (Fsp3) is 0.200. The highest BCUT2D eigenvalue weighted by atomic mass is 16.5. The molecule has 2 aromatic rings. The molecule has 0 N–H and O–H groups in total. The molecule has 0 aromatic carbocycles. The highest BCUT2D eigenvalue weighted by Gasteiger charge is 1.99. The lowest BCUT2D eigenvalue weighted by molar-refractivity contribution is 0.447. The Labute approximate surface area is 51.1 Å². The van der Waals surface area contributed by atoms with E-state index >= 15 is 0 Å². The van der Waals surface area contributed by atoms with Gasteiger partial charge in [-0.2, -0.15) is 0 Å². The molecule has 0 bridgehead atoms. The van der Waals surface area contributed by atoms with Crippen molar-refractivity contribution in [2.45, 2.75) is 6.92 Å². The van der Waals surface area contributed by atoms with Crippen molar-refractivity contribution in [1.29, 1.82) is 0 Å². The van der Waals surface area contributed by atoms with Gasteiger partial charge in [0.2, 0.25) is 0 Å². The van der Waals surface area contributed by atoms with Gasteiger partial charge >= 0.3 is 5.84 Å². The van der Waals surface area contributed by atoms with E-state index in [0.717, 1.165) is 5.69 Å². The van der Waals surface area contributed by atoms with Gasteiger partial charge in [0.15, 0.2) is 0 Å². The lowest BCUT2D eigenvalue weighted by Gasteiger charge is -1.78. The van der Waals surface area contributed by atoms with Gasteiger partial charge in [-0.3, -0.25) is 4.40 Å². The Balaban J connectivity index is 2.99. The van der Waals surface area contributed by atoms with Crippen LogP contribution in [0.25, 0.3) is 5.84 Å². The second-order valence-corrected chi connectivity index (χ2v) is 1.86. The molecule has 0 radical (unpaired) electrons. The first-order valence-electron chi connectivity index (χ1n) is 2.62. The molecule has 0 fully saturated rings. The van der Waals surface area contributed by atoms with Gasteiger partial charge in [0.1, 0.15) is 6.33 Å². The molecule has 0 saturated heterocycles. The van der Waals surface area contributed by atoms with Gasteiger partial charge in [-0.25, -0.2) is 4.98 Å². The minimum Gasteiger partial charge on any atom is -0.315 e. The van der Waals surface area contributed by atoms with Crippen LogP contribution in [0.3, 0.4) is 0 Å². The Bertz CT molecular complexity index is 321. The molecule has 0 spiro atoms. The molecule has 46 valence electrons. The zero-order chi connectivity index (χ0) is 6.27. The van der Waals surface area contributed by atoms with E-state index in [1.165, 1.54) is 0 Å². The van der Waals surface area contributed by atoms with E-state index in [4.69, 9.17) is 4.52 Å². The Kier molecular flexibility index (Phi) is 0.677. The highest BCUT2D eigenvalue weighted by molar-refractivity contribution is 5.23. The number of fused-ring (bicyclic) bond motifs is 1. The van der Waals surface area contributed by atoms with Crippen LogP contribution < -0.4 is 0 Å². The van der Waals surface area contributed by atoms with Crippen molar-refractivity contribution in [3.05, 3.63) is 18.2 Å². The zero-order valence-electron chi connectivity index (χ0n) is 4.90. The summed E-state index contributed by atoms with van der Waals surface area (Å²) >= 11 is 0. The van der Waals surface area contributed by atoms with E-state index in [1.54, 1.807) is 16.9 Å². The van der Waals surface area contributed by atoms with Crippen LogP contribution in [0.1, 0.15) is 5.69 Å². The molecule has 0 atom stereocenters. The predicted octanol–water partition coefficient (Wildman–Crippen LogP) is 0.631. The number of rotatable bonds is 0. The number of hydrogen-bond acceptors (Lipinski definition) is 3. The van der Waals surface area contributed by atoms with Crippen LogP contribution in [0.15, 0.2) is 17.0 Å². The Hall–Kier alpha value is -1.32. The van der Waals surface area contributed by atoms with Crippen molar-refractivity contribution in [2.75, 3.05) is 0 Å². The van der Waals surface area contributed by atoms with Crippen LogP contribution in [-0.4, -0.2) is 14.5 Å². The predicted molar refractivity (Wildman–Crippen MR) is 30.0 cm³/mol. The summed E-state index contributed by atoms with van der Waals surface area (Å²) in [5, 5.41) is 3.55. The van der Waals surface area contributed by atoms with E-state index in [0.29, 0.717) is 5.84 Å². The molecule has 2 heterocycles. The maximum absolute atomic E-state index is 4.74. The number of aromatic nitrogens is 3. The SMILES string of the molecule is Cc1cnc2oncn12. The molecule has 2 rings (SSSR count). The summed E-state index contributed by atoms with van der Waals surface area (Å²) in [6.45, 7) is 1.94. The van der Waals surface area contributed by atoms with Gasteiger partial charge in [0, 0.05) is 5.69 Å². The smallest absolute Gasteiger partial charge is 0.315 e. The number of imidazole rings is 1. The fourth-order valence-electron chi connectivity index (χ4n) is 0.750. The summed E-state index contributed by atoms with van der Waals surface area (Å²) in [7, 11) is 0. The molecule has 4 heteroatoms. The van der Waals surface area contributed by atoms with E-state index < -0.39 is 0 Å². The molecule has 9 heavy (non-hydrogen) atoms. The molecule has 0 unspecified atom stereocenters. The first kappa shape index (κ1) is 4.55. The molecule has 0 saturated carbocycles. The molecule has 0 aliphatic rings. The molecule has 0 amide bonds. The largest absolute Gasteiger partial charge is 0.331 e. The van der Waals surface area contributed by atoms with Gasteiger partial charge < -0.3 is 4.52 Å². The molecular formula is C5H5N3O. The van der Waals surface area contributed by atoms with Crippen molar-refractivity contribution >= 4 is 5.84 Å². The van der Waals surface area contributed by atoms with Crippen LogP contribution in [0, 0.1) is 6.92 Å². The van der Waals surface area contributed by atoms with Crippen molar-refractivity contribution in [2.24, 2.45) is 0 Å². The third-order valence-corrected chi connectivity index (χ3v) is 1.24. The van der Waals surface area contributed by atoms with E-state index in [9.17, 15) is 0 Å². The van der Waals surface area contributed by atoms with Gasteiger partial charge in [0.05, 0.1) is 6.20 Å². The molecular weight excluding hydrogens is 118 g/mol. The summed E-state index contributed by atoms with van der Waals surface area (Å²) in [5.41, 5.74) is 1.03. The van der Waals surface area contributed by atoms with Crippen molar-refractivity contribution in [1.82, 2.24) is 14.5 Å². The van der Waals surface area contributed by atoms with Gasteiger partial charge in [-0.1, -0.05) is 5.16 Å². The fourth-order valence-corrected chi connectivity index (χ4v) is 0.750. The van der Waals surface area contributed by atoms with Crippen LogP contribution in [0.5, 0.6) is 0 Å². The molecule has 2 aromatic heterocycles. The van der Waals surface area contributed by atoms with Crippen molar-refractivity contribution in [3.63, 3.8) is 0 Å². The third-order valence-electron chi connectivity index (χ3n) is 1.24. The number of hydrogen-bond donors (Lipinski definition) is 0. The van der Waals surface area contributed by atoms with Crippen molar-refractivity contribution < 1.29 is 4.52 Å². The average molecular weight is 123 g/mol. The second kappa shape index (κ2) is 1.34. The lowest BCUT2D eigenvalue weighted by atomic mass is 10.6. The summed E-state index contributed by atoms with van der Waals surface area (Å²) < 4.78 is 6.52. The van der Waals surface area contributed by atoms with Crippen LogP contribution in [-0.2, 0) is 0 Å². The normalized spacial score (nSPS) is 10.8. The van der Waals surface area contributed by atoms with E-state index in [-0.39, 0.29) is 0 Å². The van der Waals surface area contributed by atoms with Gasteiger partial charge in [-0.15, -0.1) is 0 Å². The molecule has 0 aliphatic carbocycles. The van der Waals surface area contributed by atoms with Crippen LogP contribution >= 0.6 is 0 Å². The topological polar surface area (TPSA) is 43.3 Å². The highest BCUT2D eigenvalue weighted by Crippen LogP contribution is 2.01. The second-order valence-electron chi connectivity index (χ2n) is 1.86. The maximum Gasteiger partial charge on any atom is 0.331 e. The maximum atomic E-state index is 4.74. The lowest BCUT2D eigenvalue weighted by Crippen LogP contribution is -1.77. The quantitative estimate of drug-likeness (QED) is 0.516. The van der Waals surface area contributed by atoms with Gasteiger partial charge in [0.25, 0.3) is 0 Å². The Morgan fingerprint density at radius 1 is 1.67 bits per heavy atom. The third kappa shape index (κ3) is 0.468. The molecule has 0 aliphatic heterocycles. The van der Waals surface area contributed by atoms with Crippen molar-refractivity contribution in [3.8, 4) is 0 Å².